The van der Waals surface area contributed by atoms with Gasteiger partial charge in [0.25, 0.3) is 12.3 Å². The van der Waals surface area contributed by atoms with Gasteiger partial charge in [-0.1, -0.05) is 54.6 Å². The van der Waals surface area contributed by atoms with E-state index in [0.29, 0.717) is 12.5 Å². The largest absolute Gasteiger partial charge is 0.381 e. The van der Waals surface area contributed by atoms with Crippen LogP contribution in [0.25, 0.3) is 17.2 Å². The highest BCUT2D eigenvalue weighted by atomic mass is 19.3. The molecule has 2 unspecified atom stereocenters. The number of benzene rings is 2. The summed E-state index contributed by atoms with van der Waals surface area (Å²) in [5, 5.41) is 20.4. The Hall–Kier alpha value is -3.10. The Kier molecular flexibility index (Phi) is 6.97. The molecule has 0 aromatic heterocycles. The molecule has 0 fully saturated rings. The molecule has 148 valence electrons. The molecule has 0 saturated carbocycles. The van der Waals surface area contributed by atoms with E-state index in [2.05, 4.69) is 0 Å². The molecule has 2 aromatic rings. The van der Waals surface area contributed by atoms with E-state index >= 15 is 0 Å². The minimum atomic E-state index is -3.33. The van der Waals surface area contributed by atoms with Crippen LogP contribution in [0.1, 0.15) is 12.5 Å². The standard InChI is InChI=1S/C20H20F2N2O4/c1-20(27,19(21)22)17(18(26)24-28)23-16(25)12-9-13-7-10-15(11-8-13)14-5-3-2-4-6-14/h2-12,17,19,27-28H,1H3,(H,23,25)(H,24,26)/b12-9+. The summed E-state index contributed by atoms with van der Waals surface area (Å²) in [7, 11) is 0. The number of rotatable bonds is 7. The lowest BCUT2D eigenvalue weighted by atomic mass is 9.96. The zero-order valence-electron chi connectivity index (χ0n) is 15.0. The maximum Gasteiger partial charge on any atom is 0.269 e. The highest BCUT2D eigenvalue weighted by Gasteiger charge is 2.45. The minimum absolute atomic E-state index is 0.665. The van der Waals surface area contributed by atoms with Crippen molar-refractivity contribution in [3.05, 3.63) is 66.2 Å². The number of carbonyl (C=O) groups excluding carboxylic acids is 2. The molecule has 0 aliphatic heterocycles. The van der Waals surface area contributed by atoms with Crippen LogP contribution in [0.5, 0.6) is 0 Å². The average Bonchev–Trinajstić information content (AvgIpc) is 2.70. The van der Waals surface area contributed by atoms with Gasteiger partial charge in [0.1, 0.15) is 6.04 Å². The SMILES string of the molecule is CC(O)(C(F)F)C(NC(=O)/C=C/c1ccc(-c2ccccc2)cc1)C(=O)NO. The molecule has 2 aromatic carbocycles. The van der Waals surface area contributed by atoms with Crippen LogP contribution in [0, 0.1) is 0 Å². The van der Waals surface area contributed by atoms with Crippen molar-refractivity contribution >= 4 is 17.9 Å². The molecular formula is C20H20F2N2O4. The van der Waals surface area contributed by atoms with Crippen molar-refractivity contribution in [3.8, 4) is 11.1 Å². The Morgan fingerprint density at radius 1 is 1.04 bits per heavy atom. The number of halogens is 2. The van der Waals surface area contributed by atoms with Gasteiger partial charge in [-0.2, -0.15) is 0 Å². The summed E-state index contributed by atoms with van der Waals surface area (Å²) in [6, 6.07) is 14.9. The molecule has 6 nitrogen and oxygen atoms in total. The third kappa shape index (κ3) is 5.21. The summed E-state index contributed by atoms with van der Waals surface area (Å²) >= 11 is 0. The molecule has 0 bridgehead atoms. The molecule has 2 rings (SSSR count). The lowest BCUT2D eigenvalue weighted by Gasteiger charge is -2.30. The van der Waals surface area contributed by atoms with Crippen LogP contribution in [-0.2, 0) is 9.59 Å². The van der Waals surface area contributed by atoms with Crippen LogP contribution in [0.15, 0.2) is 60.7 Å². The zero-order chi connectivity index (χ0) is 20.7. The predicted molar refractivity (Wildman–Crippen MR) is 99.4 cm³/mol. The van der Waals surface area contributed by atoms with Crippen molar-refractivity contribution in [2.75, 3.05) is 0 Å². The monoisotopic (exact) mass is 390 g/mol. The van der Waals surface area contributed by atoms with E-state index in [1.165, 1.54) is 6.08 Å². The van der Waals surface area contributed by atoms with Crippen molar-refractivity contribution in [3.63, 3.8) is 0 Å². The lowest BCUT2D eigenvalue weighted by molar-refractivity contribution is -0.153. The molecule has 0 aliphatic carbocycles. The highest BCUT2D eigenvalue weighted by molar-refractivity contribution is 5.95. The van der Waals surface area contributed by atoms with E-state index in [9.17, 15) is 23.5 Å². The van der Waals surface area contributed by atoms with Gasteiger partial charge >= 0.3 is 0 Å². The Morgan fingerprint density at radius 3 is 2.14 bits per heavy atom. The summed E-state index contributed by atoms with van der Waals surface area (Å²) < 4.78 is 25.9. The van der Waals surface area contributed by atoms with Crippen molar-refractivity contribution in [1.82, 2.24) is 10.8 Å². The van der Waals surface area contributed by atoms with Crippen molar-refractivity contribution in [2.45, 2.75) is 25.0 Å². The van der Waals surface area contributed by atoms with E-state index in [1.807, 2.05) is 47.8 Å². The van der Waals surface area contributed by atoms with E-state index in [4.69, 9.17) is 5.21 Å². The van der Waals surface area contributed by atoms with Gasteiger partial charge in [0.2, 0.25) is 5.91 Å². The molecule has 2 amide bonds. The smallest absolute Gasteiger partial charge is 0.269 e. The number of hydroxylamine groups is 1. The maximum atomic E-state index is 13.0. The Morgan fingerprint density at radius 2 is 1.61 bits per heavy atom. The highest BCUT2D eigenvalue weighted by Crippen LogP contribution is 2.21. The van der Waals surface area contributed by atoms with Gasteiger partial charge in [-0.05, 0) is 29.7 Å². The number of hydrogen-bond acceptors (Lipinski definition) is 4. The molecule has 4 N–H and O–H groups in total. The molecule has 0 radical (unpaired) electrons. The van der Waals surface area contributed by atoms with Crippen LogP contribution in [0.3, 0.4) is 0 Å². The molecule has 0 saturated heterocycles. The topological polar surface area (TPSA) is 98.7 Å². The van der Waals surface area contributed by atoms with Crippen LogP contribution < -0.4 is 10.8 Å². The van der Waals surface area contributed by atoms with Gasteiger partial charge in [0, 0.05) is 6.08 Å². The summed E-state index contributed by atoms with van der Waals surface area (Å²) in [6.07, 6.45) is -0.865. The summed E-state index contributed by atoms with van der Waals surface area (Å²) in [5.74, 6) is -2.25. The van der Waals surface area contributed by atoms with E-state index in [0.717, 1.165) is 22.7 Å². The second-order valence-corrected chi connectivity index (χ2v) is 6.27. The van der Waals surface area contributed by atoms with Gasteiger partial charge in [-0.3, -0.25) is 14.8 Å². The first kappa shape index (κ1) is 21.2. The van der Waals surface area contributed by atoms with Crippen molar-refractivity contribution < 1.29 is 28.7 Å². The van der Waals surface area contributed by atoms with E-state index in [1.54, 1.807) is 12.1 Å². The maximum absolute atomic E-state index is 13.0. The second-order valence-electron chi connectivity index (χ2n) is 6.27. The predicted octanol–water partition coefficient (Wildman–Crippen LogP) is 2.37. The summed E-state index contributed by atoms with van der Waals surface area (Å²) in [4.78, 5) is 23.5. The van der Waals surface area contributed by atoms with E-state index in [-0.39, 0.29) is 0 Å². The third-order valence-electron chi connectivity index (χ3n) is 4.13. The number of nitrogens with one attached hydrogen (secondary N) is 2. The molecule has 0 heterocycles. The van der Waals surface area contributed by atoms with Gasteiger partial charge in [0.05, 0.1) is 0 Å². The van der Waals surface area contributed by atoms with Crippen LogP contribution >= 0.6 is 0 Å². The fourth-order valence-electron chi connectivity index (χ4n) is 2.45. The molecule has 8 heteroatoms. The Bertz CT molecular complexity index is 837. The fourth-order valence-corrected chi connectivity index (χ4v) is 2.45. The lowest BCUT2D eigenvalue weighted by Crippen LogP contribution is -2.61. The molecule has 0 aliphatic rings. The second kappa shape index (κ2) is 9.20. The first-order valence-electron chi connectivity index (χ1n) is 8.34. The van der Waals surface area contributed by atoms with Crippen molar-refractivity contribution in [1.29, 1.82) is 0 Å². The Balaban J connectivity index is 2.08. The van der Waals surface area contributed by atoms with Gasteiger partial charge in [0.15, 0.2) is 5.60 Å². The first-order chi connectivity index (χ1) is 13.3. The average molecular weight is 390 g/mol. The molecule has 0 spiro atoms. The number of aliphatic hydroxyl groups is 1. The van der Waals surface area contributed by atoms with Crippen LogP contribution in [0.2, 0.25) is 0 Å². The van der Waals surface area contributed by atoms with Gasteiger partial charge in [-0.25, -0.2) is 14.3 Å². The van der Waals surface area contributed by atoms with Gasteiger partial charge < -0.3 is 10.4 Å². The van der Waals surface area contributed by atoms with Crippen molar-refractivity contribution in [2.24, 2.45) is 0 Å². The van der Waals surface area contributed by atoms with Crippen LogP contribution in [0.4, 0.5) is 8.78 Å². The normalized spacial score (nSPS) is 14.5. The number of alkyl halides is 2. The fraction of sp³-hybridized carbons (Fsp3) is 0.200. The number of carbonyl (C=O) groups is 2. The quantitative estimate of drug-likeness (QED) is 0.331. The number of amides is 2. The first-order valence-corrected chi connectivity index (χ1v) is 8.34. The van der Waals surface area contributed by atoms with E-state index < -0.39 is 29.9 Å². The molecule has 28 heavy (non-hydrogen) atoms. The summed E-state index contributed by atoms with van der Waals surface area (Å²) in [5.41, 5.74) is 0.966. The molecular weight excluding hydrogens is 370 g/mol. The van der Waals surface area contributed by atoms with Gasteiger partial charge in [-0.15, -0.1) is 0 Å². The number of hydrogen-bond donors (Lipinski definition) is 4. The molecule has 2 atom stereocenters. The van der Waals surface area contributed by atoms with Crippen LogP contribution in [-0.4, -0.2) is 40.2 Å². The Labute approximate surface area is 160 Å². The minimum Gasteiger partial charge on any atom is -0.381 e. The third-order valence-corrected chi connectivity index (χ3v) is 4.13. The summed E-state index contributed by atoms with van der Waals surface area (Å²) in [6.45, 7) is 0.684. The zero-order valence-corrected chi connectivity index (χ0v) is 15.0.